The van der Waals surface area contributed by atoms with E-state index in [0.29, 0.717) is 34.7 Å². The summed E-state index contributed by atoms with van der Waals surface area (Å²) < 4.78 is 3.12. The molecule has 0 aromatic carbocycles. The van der Waals surface area contributed by atoms with Crippen LogP contribution in [0.2, 0.25) is 5.02 Å². The summed E-state index contributed by atoms with van der Waals surface area (Å²) in [5.74, 6) is 0.336. The first-order valence-corrected chi connectivity index (χ1v) is 8.67. The molecule has 0 aliphatic heterocycles. The predicted molar refractivity (Wildman–Crippen MR) is 98.3 cm³/mol. The summed E-state index contributed by atoms with van der Waals surface area (Å²) >= 11 is 6.38. The van der Waals surface area contributed by atoms with Crippen molar-refractivity contribution in [1.29, 1.82) is 0 Å². The minimum atomic E-state index is -0.204. The Morgan fingerprint density at radius 2 is 2.04 bits per heavy atom. The van der Waals surface area contributed by atoms with Crippen LogP contribution < -0.4 is 5.56 Å². The molecular weight excluding hydrogens is 340 g/mol. The number of halogens is 1. The molecule has 3 heterocycles. The van der Waals surface area contributed by atoms with Crippen molar-refractivity contribution in [3.05, 3.63) is 45.2 Å². The van der Waals surface area contributed by atoms with Gasteiger partial charge in [0.15, 0.2) is 11.4 Å². The summed E-state index contributed by atoms with van der Waals surface area (Å²) in [6, 6.07) is 0. The molecule has 3 rings (SSSR count). The lowest BCUT2D eigenvalue weighted by Crippen LogP contribution is -2.21. The average Bonchev–Trinajstić information content (AvgIpc) is 2.96. The molecule has 25 heavy (non-hydrogen) atoms. The molecule has 0 amide bonds. The van der Waals surface area contributed by atoms with Crippen molar-refractivity contribution in [2.75, 3.05) is 0 Å². The van der Waals surface area contributed by atoms with Gasteiger partial charge in [0.2, 0.25) is 0 Å². The molecule has 0 aliphatic rings. The van der Waals surface area contributed by atoms with Crippen molar-refractivity contribution in [3.63, 3.8) is 0 Å². The second kappa shape index (κ2) is 6.52. The maximum absolute atomic E-state index is 12.6. The van der Waals surface area contributed by atoms with Gasteiger partial charge in [0.25, 0.3) is 5.56 Å². The number of aromatic nitrogens is 4. The number of rotatable bonds is 4. The Morgan fingerprint density at radius 3 is 2.68 bits per heavy atom. The molecule has 0 spiro atoms. The van der Waals surface area contributed by atoms with E-state index in [9.17, 15) is 9.90 Å². The van der Waals surface area contributed by atoms with Crippen LogP contribution in [0, 0.1) is 12.8 Å². The van der Waals surface area contributed by atoms with Gasteiger partial charge >= 0.3 is 0 Å². The fourth-order valence-corrected chi connectivity index (χ4v) is 3.31. The normalized spacial score (nSPS) is 11.6. The Morgan fingerprint density at radius 1 is 1.32 bits per heavy atom. The van der Waals surface area contributed by atoms with Gasteiger partial charge in [0.1, 0.15) is 0 Å². The minimum absolute atomic E-state index is 0.112. The molecule has 7 heteroatoms. The molecule has 0 bridgehead atoms. The Hall–Kier alpha value is -2.34. The fraction of sp³-hybridized carbons (Fsp3) is 0.389. The Kier molecular flexibility index (Phi) is 4.56. The zero-order valence-electron chi connectivity index (χ0n) is 14.7. The predicted octanol–water partition coefficient (Wildman–Crippen LogP) is 3.44. The lowest BCUT2D eigenvalue weighted by molar-refractivity contribution is 0.478. The van der Waals surface area contributed by atoms with Crippen molar-refractivity contribution in [2.45, 2.75) is 40.7 Å². The van der Waals surface area contributed by atoms with Crippen molar-refractivity contribution in [3.8, 4) is 16.9 Å². The van der Waals surface area contributed by atoms with Gasteiger partial charge in [-0.2, -0.15) is 5.10 Å². The SMILES string of the molecule is CCc1c(C)nc2c(O)c(-c3cnn(CC(C)C)c3)c(Cl)cn2c1=O. The van der Waals surface area contributed by atoms with Crippen LogP contribution in [0.1, 0.15) is 32.0 Å². The highest BCUT2D eigenvalue weighted by atomic mass is 35.5. The molecule has 0 atom stereocenters. The van der Waals surface area contributed by atoms with Gasteiger partial charge in [0.05, 0.1) is 16.8 Å². The summed E-state index contributed by atoms with van der Waals surface area (Å²) in [6.07, 6.45) is 5.58. The highest BCUT2D eigenvalue weighted by molar-refractivity contribution is 6.33. The minimum Gasteiger partial charge on any atom is -0.504 e. The second-order valence-corrected chi connectivity index (χ2v) is 6.98. The van der Waals surface area contributed by atoms with Crippen molar-refractivity contribution in [1.82, 2.24) is 19.2 Å². The van der Waals surface area contributed by atoms with Gasteiger partial charge in [-0.3, -0.25) is 13.9 Å². The fourth-order valence-electron chi connectivity index (χ4n) is 3.01. The first-order chi connectivity index (χ1) is 11.8. The smallest absolute Gasteiger partial charge is 0.261 e. The van der Waals surface area contributed by atoms with E-state index in [4.69, 9.17) is 11.6 Å². The summed E-state index contributed by atoms with van der Waals surface area (Å²) in [5.41, 5.74) is 2.36. The molecule has 0 saturated heterocycles. The molecule has 132 valence electrons. The number of pyridine rings is 1. The number of aryl methyl sites for hydroxylation is 1. The molecule has 0 aliphatic carbocycles. The molecule has 0 unspecified atom stereocenters. The Bertz CT molecular complexity index is 1000. The molecule has 0 radical (unpaired) electrons. The monoisotopic (exact) mass is 360 g/mol. The van der Waals surface area contributed by atoms with E-state index in [-0.39, 0.29) is 22.0 Å². The molecule has 3 aromatic rings. The van der Waals surface area contributed by atoms with Gasteiger partial charge in [-0.1, -0.05) is 32.4 Å². The van der Waals surface area contributed by atoms with Crippen LogP contribution in [-0.2, 0) is 13.0 Å². The first-order valence-electron chi connectivity index (χ1n) is 8.29. The average molecular weight is 361 g/mol. The molecule has 1 N–H and O–H groups in total. The van der Waals surface area contributed by atoms with E-state index in [2.05, 4.69) is 23.9 Å². The van der Waals surface area contributed by atoms with E-state index in [0.717, 1.165) is 6.54 Å². The van der Waals surface area contributed by atoms with Gasteiger partial charge in [0, 0.05) is 35.8 Å². The van der Waals surface area contributed by atoms with Gasteiger partial charge in [-0.25, -0.2) is 4.98 Å². The van der Waals surface area contributed by atoms with Gasteiger partial charge in [-0.15, -0.1) is 0 Å². The summed E-state index contributed by atoms with van der Waals surface area (Å²) in [4.78, 5) is 17.0. The van der Waals surface area contributed by atoms with Gasteiger partial charge in [-0.05, 0) is 19.3 Å². The summed E-state index contributed by atoms with van der Waals surface area (Å²) in [5, 5.41) is 15.3. The number of hydrogen-bond donors (Lipinski definition) is 1. The third-order valence-corrected chi connectivity index (χ3v) is 4.46. The van der Waals surface area contributed by atoms with Crippen LogP contribution in [0.3, 0.4) is 0 Å². The van der Waals surface area contributed by atoms with Gasteiger partial charge < -0.3 is 5.11 Å². The number of nitrogens with zero attached hydrogens (tertiary/aromatic N) is 4. The lowest BCUT2D eigenvalue weighted by Gasteiger charge is -2.12. The van der Waals surface area contributed by atoms with Crippen LogP contribution in [0.4, 0.5) is 0 Å². The third kappa shape index (κ3) is 3.02. The van der Waals surface area contributed by atoms with E-state index in [1.165, 1.54) is 10.6 Å². The quantitative estimate of drug-likeness (QED) is 0.773. The lowest BCUT2D eigenvalue weighted by atomic mass is 10.1. The van der Waals surface area contributed by atoms with Crippen molar-refractivity contribution < 1.29 is 5.11 Å². The molecule has 3 aromatic heterocycles. The molecular formula is C18H21ClN4O2. The van der Waals surface area contributed by atoms with E-state index < -0.39 is 0 Å². The van der Waals surface area contributed by atoms with Crippen LogP contribution in [0.25, 0.3) is 16.8 Å². The molecule has 0 fully saturated rings. The Balaban J connectivity index is 2.24. The Labute approximate surface area is 150 Å². The van der Waals surface area contributed by atoms with Crippen LogP contribution in [-0.4, -0.2) is 24.3 Å². The van der Waals surface area contributed by atoms with Crippen molar-refractivity contribution in [2.24, 2.45) is 5.92 Å². The zero-order valence-corrected chi connectivity index (χ0v) is 15.5. The maximum atomic E-state index is 12.6. The summed E-state index contributed by atoms with van der Waals surface area (Å²) in [6.45, 7) is 8.65. The largest absolute Gasteiger partial charge is 0.504 e. The second-order valence-electron chi connectivity index (χ2n) is 6.57. The number of aromatic hydroxyl groups is 1. The maximum Gasteiger partial charge on any atom is 0.261 e. The van der Waals surface area contributed by atoms with Crippen LogP contribution in [0.5, 0.6) is 5.75 Å². The number of hydrogen-bond acceptors (Lipinski definition) is 4. The highest BCUT2D eigenvalue weighted by Gasteiger charge is 2.19. The topological polar surface area (TPSA) is 72.4 Å². The molecule has 6 nitrogen and oxygen atoms in total. The molecule has 0 saturated carbocycles. The van der Waals surface area contributed by atoms with E-state index in [1.807, 2.05) is 17.8 Å². The standard InChI is InChI=1S/C18H21ClN4O2/c1-5-13-11(4)21-17-16(24)15(14(19)9-23(17)18(13)25)12-6-20-22(8-12)7-10(2)3/h6,8-10,24H,5,7H2,1-4H3. The third-order valence-electron chi connectivity index (χ3n) is 4.17. The zero-order chi connectivity index (χ0) is 18.3. The highest BCUT2D eigenvalue weighted by Crippen LogP contribution is 2.37. The summed E-state index contributed by atoms with van der Waals surface area (Å²) in [7, 11) is 0. The van der Waals surface area contributed by atoms with Crippen LogP contribution in [0.15, 0.2) is 23.4 Å². The van der Waals surface area contributed by atoms with E-state index >= 15 is 0 Å². The van der Waals surface area contributed by atoms with Crippen LogP contribution >= 0.6 is 11.6 Å². The number of fused-ring (bicyclic) bond motifs is 1. The van der Waals surface area contributed by atoms with E-state index in [1.54, 1.807) is 13.1 Å². The first kappa shape index (κ1) is 17.5. The van der Waals surface area contributed by atoms with Crippen molar-refractivity contribution >= 4 is 17.2 Å².